The lowest BCUT2D eigenvalue weighted by molar-refractivity contribution is -0.115. The van der Waals surface area contributed by atoms with E-state index < -0.39 is 0 Å². The number of nitrogen functional groups attached to an aromatic ring is 1. The van der Waals surface area contributed by atoms with Crippen molar-refractivity contribution in [3.8, 4) is 6.07 Å². The first-order valence-electron chi connectivity index (χ1n) is 5.92. The molecule has 0 bridgehead atoms. The van der Waals surface area contributed by atoms with Crippen LogP contribution in [0.25, 0.3) is 0 Å². The molecule has 0 spiro atoms. The second-order valence-corrected chi connectivity index (χ2v) is 4.70. The molecule has 1 amide bonds. The van der Waals surface area contributed by atoms with E-state index in [1.54, 1.807) is 36.4 Å². The molecule has 0 atom stereocenters. The normalized spacial score (nSPS) is 9.80. The van der Waals surface area contributed by atoms with Crippen molar-refractivity contribution in [2.75, 3.05) is 11.1 Å². The van der Waals surface area contributed by atoms with Gasteiger partial charge in [-0.15, -0.1) is 0 Å². The number of nitriles is 1. The van der Waals surface area contributed by atoms with E-state index in [9.17, 15) is 4.79 Å². The van der Waals surface area contributed by atoms with Crippen LogP contribution in [0.3, 0.4) is 0 Å². The van der Waals surface area contributed by atoms with E-state index >= 15 is 0 Å². The Bertz CT molecular complexity index is 675. The SMILES string of the molecule is N#Cc1ccc(NC(=O)Cc2ccc(Cl)cc2)c(N)c1. The Labute approximate surface area is 121 Å². The summed E-state index contributed by atoms with van der Waals surface area (Å²) < 4.78 is 0. The van der Waals surface area contributed by atoms with Crippen molar-refractivity contribution in [1.82, 2.24) is 0 Å². The predicted molar refractivity (Wildman–Crippen MR) is 79.4 cm³/mol. The minimum atomic E-state index is -0.177. The minimum Gasteiger partial charge on any atom is -0.397 e. The fraction of sp³-hybridized carbons (Fsp3) is 0.0667. The van der Waals surface area contributed by atoms with E-state index in [0.29, 0.717) is 22.0 Å². The van der Waals surface area contributed by atoms with Crippen LogP contribution in [-0.4, -0.2) is 5.91 Å². The van der Waals surface area contributed by atoms with Crippen molar-refractivity contribution in [2.45, 2.75) is 6.42 Å². The molecule has 0 fully saturated rings. The minimum absolute atomic E-state index is 0.177. The van der Waals surface area contributed by atoms with Crippen LogP contribution in [0.5, 0.6) is 0 Å². The largest absolute Gasteiger partial charge is 0.397 e. The number of amides is 1. The zero-order chi connectivity index (χ0) is 14.5. The quantitative estimate of drug-likeness (QED) is 0.851. The highest BCUT2D eigenvalue weighted by Gasteiger charge is 2.07. The smallest absolute Gasteiger partial charge is 0.228 e. The van der Waals surface area contributed by atoms with Gasteiger partial charge in [-0.1, -0.05) is 23.7 Å². The van der Waals surface area contributed by atoms with Gasteiger partial charge >= 0.3 is 0 Å². The number of nitrogens with one attached hydrogen (secondary N) is 1. The van der Waals surface area contributed by atoms with Gasteiger partial charge < -0.3 is 11.1 Å². The highest BCUT2D eigenvalue weighted by atomic mass is 35.5. The second kappa shape index (κ2) is 6.09. The van der Waals surface area contributed by atoms with Crippen molar-refractivity contribution in [3.05, 3.63) is 58.6 Å². The Morgan fingerprint density at radius 1 is 1.25 bits per heavy atom. The third-order valence-electron chi connectivity index (χ3n) is 2.73. The molecule has 2 rings (SSSR count). The summed E-state index contributed by atoms with van der Waals surface area (Å²) in [4.78, 5) is 11.9. The number of halogens is 1. The number of anilines is 2. The van der Waals surface area contributed by atoms with Gasteiger partial charge in [0.05, 0.1) is 29.4 Å². The summed E-state index contributed by atoms with van der Waals surface area (Å²) in [6.07, 6.45) is 0.233. The predicted octanol–water partition coefficient (Wildman–Crippen LogP) is 2.98. The van der Waals surface area contributed by atoms with Crippen molar-refractivity contribution < 1.29 is 4.79 Å². The first-order valence-corrected chi connectivity index (χ1v) is 6.30. The van der Waals surface area contributed by atoms with Crippen molar-refractivity contribution in [3.63, 3.8) is 0 Å². The van der Waals surface area contributed by atoms with Crippen LogP contribution in [0.15, 0.2) is 42.5 Å². The molecule has 0 heterocycles. The summed E-state index contributed by atoms with van der Waals surface area (Å²) in [5.74, 6) is -0.177. The maximum Gasteiger partial charge on any atom is 0.228 e. The summed E-state index contributed by atoms with van der Waals surface area (Å²) in [7, 11) is 0. The first kappa shape index (κ1) is 13.9. The molecule has 0 aliphatic heterocycles. The number of hydrogen-bond acceptors (Lipinski definition) is 3. The molecule has 0 aromatic heterocycles. The molecule has 0 radical (unpaired) electrons. The third kappa shape index (κ3) is 3.50. The van der Waals surface area contributed by atoms with Gasteiger partial charge in [0.2, 0.25) is 5.91 Å². The van der Waals surface area contributed by atoms with E-state index in [0.717, 1.165) is 5.56 Å². The number of nitrogens with two attached hydrogens (primary N) is 1. The lowest BCUT2D eigenvalue weighted by Gasteiger charge is -2.08. The number of benzene rings is 2. The molecule has 20 heavy (non-hydrogen) atoms. The summed E-state index contributed by atoms with van der Waals surface area (Å²) in [6, 6.07) is 13.8. The van der Waals surface area contributed by atoms with Crippen LogP contribution in [0, 0.1) is 11.3 Å². The van der Waals surface area contributed by atoms with Gasteiger partial charge in [0.1, 0.15) is 0 Å². The van der Waals surface area contributed by atoms with Gasteiger partial charge in [0, 0.05) is 5.02 Å². The van der Waals surface area contributed by atoms with Crippen LogP contribution in [0.1, 0.15) is 11.1 Å². The molecule has 0 unspecified atom stereocenters. The fourth-order valence-electron chi connectivity index (χ4n) is 1.73. The molecule has 3 N–H and O–H groups in total. The summed E-state index contributed by atoms with van der Waals surface area (Å²) in [5.41, 5.74) is 7.96. The molecule has 5 heteroatoms. The third-order valence-corrected chi connectivity index (χ3v) is 2.98. The Balaban J connectivity index is 2.05. The molecular weight excluding hydrogens is 274 g/mol. The highest BCUT2D eigenvalue weighted by molar-refractivity contribution is 6.30. The average molecular weight is 286 g/mol. The number of carbonyl (C=O) groups is 1. The van der Waals surface area contributed by atoms with Crippen LogP contribution in [0.2, 0.25) is 5.02 Å². The molecule has 2 aromatic rings. The Morgan fingerprint density at radius 2 is 1.95 bits per heavy atom. The fourth-order valence-corrected chi connectivity index (χ4v) is 1.85. The van der Waals surface area contributed by atoms with E-state index in [1.165, 1.54) is 6.07 Å². The topological polar surface area (TPSA) is 78.9 Å². The van der Waals surface area contributed by atoms with E-state index in [4.69, 9.17) is 22.6 Å². The van der Waals surface area contributed by atoms with Gasteiger partial charge in [0.25, 0.3) is 0 Å². The average Bonchev–Trinajstić information content (AvgIpc) is 2.43. The highest BCUT2D eigenvalue weighted by Crippen LogP contribution is 2.20. The molecule has 4 nitrogen and oxygen atoms in total. The number of hydrogen-bond donors (Lipinski definition) is 2. The van der Waals surface area contributed by atoms with Gasteiger partial charge in [-0.2, -0.15) is 5.26 Å². The Kier molecular flexibility index (Phi) is 4.24. The van der Waals surface area contributed by atoms with E-state index in [2.05, 4.69) is 5.32 Å². The molecule has 0 saturated carbocycles. The zero-order valence-corrected chi connectivity index (χ0v) is 11.3. The number of rotatable bonds is 3. The molecular formula is C15H12ClN3O. The van der Waals surface area contributed by atoms with Gasteiger partial charge in [-0.05, 0) is 35.9 Å². The lowest BCUT2D eigenvalue weighted by atomic mass is 10.1. The Hall–Kier alpha value is -2.51. The van der Waals surface area contributed by atoms with E-state index in [1.807, 2.05) is 6.07 Å². The van der Waals surface area contributed by atoms with Crippen molar-refractivity contribution >= 4 is 28.9 Å². The summed E-state index contributed by atoms with van der Waals surface area (Å²) in [6.45, 7) is 0. The standard InChI is InChI=1S/C15H12ClN3O/c16-12-4-1-10(2-5-12)8-15(20)19-14-6-3-11(9-17)7-13(14)18/h1-7H,8,18H2,(H,19,20). The van der Waals surface area contributed by atoms with Gasteiger partial charge in [-0.3, -0.25) is 4.79 Å². The molecule has 0 aliphatic carbocycles. The van der Waals surface area contributed by atoms with Crippen LogP contribution in [-0.2, 0) is 11.2 Å². The molecule has 100 valence electrons. The Morgan fingerprint density at radius 3 is 2.55 bits per heavy atom. The number of carbonyl (C=O) groups excluding carboxylic acids is 1. The van der Waals surface area contributed by atoms with Gasteiger partial charge in [0.15, 0.2) is 0 Å². The summed E-state index contributed by atoms with van der Waals surface area (Å²) >= 11 is 5.78. The van der Waals surface area contributed by atoms with Crippen LogP contribution < -0.4 is 11.1 Å². The maximum absolute atomic E-state index is 11.9. The van der Waals surface area contributed by atoms with Crippen LogP contribution >= 0.6 is 11.6 Å². The lowest BCUT2D eigenvalue weighted by Crippen LogP contribution is -2.15. The van der Waals surface area contributed by atoms with E-state index in [-0.39, 0.29) is 12.3 Å². The summed E-state index contributed by atoms with van der Waals surface area (Å²) in [5, 5.41) is 12.1. The first-order chi connectivity index (χ1) is 9.58. The van der Waals surface area contributed by atoms with Gasteiger partial charge in [-0.25, -0.2) is 0 Å². The molecule has 0 saturated heterocycles. The van der Waals surface area contributed by atoms with Crippen molar-refractivity contribution in [1.29, 1.82) is 5.26 Å². The monoisotopic (exact) mass is 285 g/mol. The molecule has 0 aliphatic rings. The zero-order valence-electron chi connectivity index (χ0n) is 10.6. The number of nitrogens with zero attached hydrogens (tertiary/aromatic N) is 1. The maximum atomic E-state index is 11.9. The second-order valence-electron chi connectivity index (χ2n) is 4.27. The van der Waals surface area contributed by atoms with Crippen molar-refractivity contribution in [2.24, 2.45) is 0 Å². The van der Waals surface area contributed by atoms with Crippen LogP contribution in [0.4, 0.5) is 11.4 Å². The molecule has 2 aromatic carbocycles.